The van der Waals surface area contributed by atoms with Crippen LogP contribution in [0.1, 0.15) is 28.5 Å². The van der Waals surface area contributed by atoms with E-state index in [0.29, 0.717) is 35.1 Å². The Morgan fingerprint density at radius 3 is 2.57 bits per heavy atom. The van der Waals surface area contributed by atoms with Gasteiger partial charge in [0.05, 0.1) is 17.9 Å². The highest BCUT2D eigenvalue weighted by Crippen LogP contribution is 2.17. The van der Waals surface area contributed by atoms with E-state index < -0.39 is 0 Å². The Bertz CT molecular complexity index is 961. The van der Waals surface area contributed by atoms with Gasteiger partial charge in [0.25, 0.3) is 5.91 Å². The van der Waals surface area contributed by atoms with Crippen molar-refractivity contribution in [3.8, 4) is 5.75 Å². The number of anilines is 2. The summed E-state index contributed by atoms with van der Waals surface area (Å²) in [5.41, 5.74) is 2.05. The Hall–Kier alpha value is -3.48. The Kier molecular flexibility index (Phi) is 6.16. The van der Waals surface area contributed by atoms with Gasteiger partial charge in [0.15, 0.2) is 0 Å². The number of ether oxygens (including phenoxy) is 1. The molecule has 0 aliphatic rings. The summed E-state index contributed by atoms with van der Waals surface area (Å²) in [6.45, 7) is 4.47. The molecule has 0 aliphatic carbocycles. The normalized spacial score (nSPS) is 10.4. The van der Waals surface area contributed by atoms with Crippen molar-refractivity contribution in [2.24, 2.45) is 0 Å². The average molecular weight is 380 g/mol. The monoisotopic (exact) mass is 380 g/mol. The lowest BCUT2D eigenvalue weighted by atomic mass is 10.2. The zero-order valence-corrected chi connectivity index (χ0v) is 15.7. The molecule has 1 aromatic heterocycles. The fourth-order valence-corrected chi connectivity index (χ4v) is 2.59. The summed E-state index contributed by atoms with van der Waals surface area (Å²) in [6, 6.07) is 13.6. The number of aryl methyl sites for hydroxylation is 1. The van der Waals surface area contributed by atoms with Gasteiger partial charge in [-0.25, -0.2) is 14.4 Å². The SMILES string of the molecule is CCOc1ccc(NC(=O)c2cnc(NCc3ccccc3F)nc2C)cc1. The quantitative estimate of drug-likeness (QED) is 0.643. The summed E-state index contributed by atoms with van der Waals surface area (Å²) in [5.74, 6) is 0.476. The van der Waals surface area contributed by atoms with E-state index >= 15 is 0 Å². The van der Waals surface area contributed by atoms with Crippen LogP contribution < -0.4 is 15.4 Å². The number of aromatic nitrogens is 2. The van der Waals surface area contributed by atoms with Gasteiger partial charge in [0.1, 0.15) is 11.6 Å². The molecule has 0 unspecified atom stereocenters. The van der Waals surface area contributed by atoms with Crippen LogP contribution in [0.2, 0.25) is 0 Å². The van der Waals surface area contributed by atoms with E-state index in [9.17, 15) is 9.18 Å². The van der Waals surface area contributed by atoms with Crippen LogP contribution in [0.25, 0.3) is 0 Å². The zero-order valence-electron chi connectivity index (χ0n) is 15.7. The Morgan fingerprint density at radius 1 is 1.14 bits per heavy atom. The molecule has 7 heteroatoms. The molecule has 6 nitrogen and oxygen atoms in total. The second kappa shape index (κ2) is 8.94. The number of amides is 1. The molecule has 0 aliphatic heterocycles. The van der Waals surface area contributed by atoms with Crippen molar-refractivity contribution >= 4 is 17.5 Å². The van der Waals surface area contributed by atoms with Gasteiger partial charge in [-0.15, -0.1) is 0 Å². The number of nitrogens with zero attached hydrogens (tertiary/aromatic N) is 2. The van der Waals surface area contributed by atoms with Crippen molar-refractivity contribution in [3.63, 3.8) is 0 Å². The van der Waals surface area contributed by atoms with E-state index in [-0.39, 0.29) is 18.3 Å². The lowest BCUT2D eigenvalue weighted by Crippen LogP contribution is -2.16. The molecule has 2 N–H and O–H groups in total. The number of carbonyl (C=O) groups is 1. The molecule has 0 bridgehead atoms. The van der Waals surface area contributed by atoms with Gasteiger partial charge in [-0.1, -0.05) is 18.2 Å². The minimum absolute atomic E-state index is 0.254. The third kappa shape index (κ3) is 4.82. The molecule has 2 aromatic carbocycles. The summed E-state index contributed by atoms with van der Waals surface area (Å²) in [7, 11) is 0. The number of carbonyl (C=O) groups excluding carboxylic acids is 1. The topological polar surface area (TPSA) is 76.1 Å². The highest BCUT2D eigenvalue weighted by atomic mass is 19.1. The largest absolute Gasteiger partial charge is 0.494 e. The second-order valence-corrected chi connectivity index (χ2v) is 6.05. The maximum atomic E-state index is 13.7. The molecular formula is C21H21FN4O2. The van der Waals surface area contributed by atoms with Crippen molar-refractivity contribution in [2.45, 2.75) is 20.4 Å². The van der Waals surface area contributed by atoms with E-state index in [2.05, 4.69) is 20.6 Å². The first-order chi connectivity index (χ1) is 13.6. The smallest absolute Gasteiger partial charge is 0.259 e. The first-order valence-electron chi connectivity index (χ1n) is 8.92. The van der Waals surface area contributed by atoms with E-state index in [1.54, 1.807) is 49.4 Å². The maximum absolute atomic E-state index is 13.7. The van der Waals surface area contributed by atoms with Crippen LogP contribution in [0.4, 0.5) is 16.0 Å². The predicted molar refractivity (Wildman–Crippen MR) is 106 cm³/mol. The predicted octanol–water partition coefficient (Wildman–Crippen LogP) is 4.19. The van der Waals surface area contributed by atoms with Crippen molar-refractivity contribution in [1.82, 2.24) is 9.97 Å². The van der Waals surface area contributed by atoms with Gasteiger partial charge in [0.2, 0.25) is 5.95 Å². The molecule has 144 valence electrons. The summed E-state index contributed by atoms with van der Waals surface area (Å²) < 4.78 is 19.1. The molecule has 0 fully saturated rings. The molecule has 0 spiro atoms. The molecule has 1 heterocycles. The molecule has 3 rings (SSSR count). The molecule has 0 radical (unpaired) electrons. The third-order valence-corrected chi connectivity index (χ3v) is 4.04. The zero-order chi connectivity index (χ0) is 19.9. The van der Waals surface area contributed by atoms with E-state index in [0.717, 1.165) is 5.75 Å². The van der Waals surface area contributed by atoms with Gasteiger partial charge >= 0.3 is 0 Å². The number of halogens is 1. The number of hydrogen-bond donors (Lipinski definition) is 2. The minimum Gasteiger partial charge on any atom is -0.494 e. The average Bonchev–Trinajstić information content (AvgIpc) is 2.69. The maximum Gasteiger partial charge on any atom is 0.259 e. The Morgan fingerprint density at radius 2 is 1.89 bits per heavy atom. The fourth-order valence-electron chi connectivity index (χ4n) is 2.59. The van der Waals surface area contributed by atoms with Crippen LogP contribution in [0.3, 0.4) is 0 Å². The molecule has 0 atom stereocenters. The molecular weight excluding hydrogens is 359 g/mol. The Balaban J connectivity index is 1.64. The number of hydrogen-bond acceptors (Lipinski definition) is 5. The molecule has 1 amide bonds. The van der Waals surface area contributed by atoms with Crippen LogP contribution in [-0.2, 0) is 6.54 Å². The van der Waals surface area contributed by atoms with E-state index in [1.165, 1.54) is 12.3 Å². The molecule has 0 saturated carbocycles. The lowest BCUT2D eigenvalue weighted by molar-refractivity contribution is 0.102. The van der Waals surface area contributed by atoms with Gasteiger partial charge in [-0.05, 0) is 44.2 Å². The van der Waals surface area contributed by atoms with Crippen LogP contribution in [0.15, 0.2) is 54.7 Å². The minimum atomic E-state index is -0.303. The van der Waals surface area contributed by atoms with E-state index in [4.69, 9.17) is 4.74 Å². The number of nitrogens with one attached hydrogen (secondary N) is 2. The molecule has 0 saturated heterocycles. The lowest BCUT2D eigenvalue weighted by Gasteiger charge is -2.10. The summed E-state index contributed by atoms with van der Waals surface area (Å²) in [5, 5.41) is 5.78. The van der Waals surface area contributed by atoms with Crippen LogP contribution in [-0.4, -0.2) is 22.5 Å². The summed E-state index contributed by atoms with van der Waals surface area (Å²) in [4.78, 5) is 20.9. The molecule has 28 heavy (non-hydrogen) atoms. The van der Waals surface area contributed by atoms with Crippen molar-refractivity contribution < 1.29 is 13.9 Å². The van der Waals surface area contributed by atoms with Crippen molar-refractivity contribution in [2.75, 3.05) is 17.2 Å². The fraction of sp³-hybridized carbons (Fsp3) is 0.190. The van der Waals surface area contributed by atoms with Crippen LogP contribution in [0, 0.1) is 12.7 Å². The molecule has 3 aromatic rings. The first kappa shape index (κ1) is 19.3. The number of benzene rings is 2. The summed E-state index contributed by atoms with van der Waals surface area (Å²) in [6.07, 6.45) is 1.45. The third-order valence-electron chi connectivity index (χ3n) is 4.04. The standard InChI is InChI=1S/C21H21FN4O2/c1-3-28-17-10-8-16(9-11-17)26-20(27)18-13-24-21(25-14(18)2)23-12-15-6-4-5-7-19(15)22/h4-11,13H,3,12H2,1-2H3,(H,26,27)(H,23,24,25). The van der Waals surface area contributed by atoms with Gasteiger partial charge in [-0.2, -0.15) is 0 Å². The first-order valence-corrected chi connectivity index (χ1v) is 8.92. The van der Waals surface area contributed by atoms with Gasteiger partial charge < -0.3 is 15.4 Å². The second-order valence-electron chi connectivity index (χ2n) is 6.05. The highest BCUT2D eigenvalue weighted by molar-refractivity contribution is 6.04. The van der Waals surface area contributed by atoms with Crippen LogP contribution >= 0.6 is 0 Å². The summed E-state index contributed by atoms with van der Waals surface area (Å²) >= 11 is 0. The van der Waals surface area contributed by atoms with Crippen molar-refractivity contribution in [3.05, 3.63) is 77.4 Å². The van der Waals surface area contributed by atoms with Gasteiger partial charge in [0, 0.05) is 24.0 Å². The van der Waals surface area contributed by atoms with Gasteiger partial charge in [-0.3, -0.25) is 4.79 Å². The van der Waals surface area contributed by atoms with Crippen LogP contribution in [0.5, 0.6) is 5.75 Å². The number of rotatable bonds is 7. The highest BCUT2D eigenvalue weighted by Gasteiger charge is 2.12. The van der Waals surface area contributed by atoms with Crippen molar-refractivity contribution in [1.29, 1.82) is 0 Å². The van der Waals surface area contributed by atoms with E-state index in [1.807, 2.05) is 6.92 Å². The Labute approximate surface area is 162 Å².